The summed E-state index contributed by atoms with van der Waals surface area (Å²) in [5, 5.41) is 2.13. The predicted octanol–water partition coefficient (Wildman–Crippen LogP) is 2.46. The molecule has 1 atom stereocenters. The molecule has 1 heterocycles. The van der Waals surface area contributed by atoms with E-state index in [1.165, 1.54) is 36.0 Å². The van der Waals surface area contributed by atoms with Gasteiger partial charge in [0.05, 0.1) is 25.0 Å². The molecule has 0 radical (unpaired) electrons. The quantitative estimate of drug-likeness (QED) is 0.679. The minimum Gasteiger partial charge on any atom is -0.451 e. The summed E-state index contributed by atoms with van der Waals surface area (Å²) >= 11 is 1.41. The van der Waals surface area contributed by atoms with Crippen LogP contribution < -0.4 is 0 Å². The molecule has 0 unspecified atom stereocenters. The van der Waals surface area contributed by atoms with E-state index in [2.05, 4.69) is 0 Å². The number of Topliss-reactive ketones (excluding diaryl/α,β-unsaturated/α-hetero) is 1. The highest BCUT2D eigenvalue weighted by Gasteiger charge is 2.81. The van der Waals surface area contributed by atoms with Gasteiger partial charge >= 0.3 is 12.2 Å². The van der Waals surface area contributed by atoms with Crippen molar-refractivity contribution in [3.63, 3.8) is 0 Å². The highest BCUT2D eigenvalue weighted by Crippen LogP contribution is 2.70. The number of methoxy groups -OCH3 is 2. The Morgan fingerprint density at radius 1 is 1.05 bits per heavy atom. The lowest BCUT2D eigenvalue weighted by Gasteiger charge is -2.64. The van der Waals surface area contributed by atoms with Gasteiger partial charge in [-0.1, -0.05) is 0 Å². The first-order valence-corrected chi connectivity index (χ1v) is 7.86. The third-order valence-corrected chi connectivity index (χ3v) is 6.81. The van der Waals surface area contributed by atoms with Crippen molar-refractivity contribution in [1.29, 1.82) is 0 Å². The van der Waals surface area contributed by atoms with E-state index in [1.54, 1.807) is 34.6 Å². The Morgan fingerprint density at radius 3 is 1.91 bits per heavy atom. The van der Waals surface area contributed by atoms with Gasteiger partial charge in [-0.3, -0.25) is 4.79 Å². The fourth-order valence-electron chi connectivity index (χ4n) is 3.92. The standard InChI is InChI=1S/C14H22N2O5S/c1-8-15(10(18)20-6)16(11(19)21-7)14(22-8)12(2,3)9(17)13(14,4)5/h8H,1-7H3/t8-/m1/s1. The van der Waals surface area contributed by atoms with Gasteiger partial charge in [-0.25, -0.2) is 9.59 Å². The number of hydrogen-bond donors (Lipinski definition) is 0. The number of hydrogen-bond acceptors (Lipinski definition) is 6. The van der Waals surface area contributed by atoms with Crippen molar-refractivity contribution in [3.8, 4) is 0 Å². The van der Waals surface area contributed by atoms with Crippen molar-refractivity contribution >= 4 is 29.7 Å². The lowest BCUT2D eigenvalue weighted by molar-refractivity contribution is -0.189. The fraction of sp³-hybridized carbons (Fsp3) is 0.786. The summed E-state index contributed by atoms with van der Waals surface area (Å²) in [7, 11) is 2.50. The van der Waals surface area contributed by atoms with Crippen LogP contribution in [0.5, 0.6) is 0 Å². The maximum Gasteiger partial charge on any atom is 0.430 e. The Morgan fingerprint density at radius 2 is 1.50 bits per heavy atom. The Hall–Kier alpha value is -1.44. The summed E-state index contributed by atoms with van der Waals surface area (Å²) in [6, 6.07) is 0. The van der Waals surface area contributed by atoms with Crippen LogP contribution in [0.1, 0.15) is 34.6 Å². The molecule has 0 bridgehead atoms. The molecular weight excluding hydrogens is 308 g/mol. The minimum atomic E-state index is -0.905. The Balaban J connectivity index is 2.63. The van der Waals surface area contributed by atoms with Crippen molar-refractivity contribution in [2.75, 3.05) is 14.2 Å². The molecule has 124 valence electrons. The van der Waals surface area contributed by atoms with Crippen LogP contribution in [0.2, 0.25) is 0 Å². The van der Waals surface area contributed by atoms with E-state index in [0.717, 1.165) is 0 Å². The van der Waals surface area contributed by atoms with Crippen LogP contribution in [0, 0.1) is 10.8 Å². The van der Waals surface area contributed by atoms with Gasteiger partial charge in [-0.15, -0.1) is 11.8 Å². The second-order valence-electron chi connectivity index (χ2n) is 6.54. The zero-order chi connectivity index (χ0) is 17.1. The van der Waals surface area contributed by atoms with E-state index in [9.17, 15) is 14.4 Å². The summed E-state index contributed by atoms with van der Waals surface area (Å²) in [6.45, 7) is 8.95. The van der Waals surface area contributed by atoms with Crippen LogP contribution in [0.15, 0.2) is 0 Å². The highest BCUT2D eigenvalue weighted by atomic mass is 32.2. The molecular formula is C14H22N2O5S. The van der Waals surface area contributed by atoms with Crippen LogP contribution in [-0.2, 0) is 14.3 Å². The summed E-state index contributed by atoms with van der Waals surface area (Å²) in [6.07, 6.45) is -1.34. The Labute approximate surface area is 134 Å². The molecule has 0 N–H and O–H groups in total. The highest BCUT2D eigenvalue weighted by molar-refractivity contribution is 8.01. The molecule has 2 rings (SSSR count). The summed E-state index contributed by atoms with van der Waals surface area (Å²) in [5.74, 6) is 0.0420. The van der Waals surface area contributed by atoms with Crippen LogP contribution in [0.3, 0.4) is 0 Å². The van der Waals surface area contributed by atoms with Crippen molar-refractivity contribution in [2.24, 2.45) is 10.8 Å². The van der Waals surface area contributed by atoms with Crippen LogP contribution in [0.25, 0.3) is 0 Å². The van der Waals surface area contributed by atoms with Gasteiger partial charge < -0.3 is 9.47 Å². The van der Waals surface area contributed by atoms with Crippen molar-refractivity contribution in [3.05, 3.63) is 0 Å². The average Bonchev–Trinajstić information content (AvgIpc) is 2.80. The van der Waals surface area contributed by atoms with Gasteiger partial charge in [0.25, 0.3) is 0 Å². The molecule has 8 heteroatoms. The second-order valence-corrected chi connectivity index (χ2v) is 8.05. The average molecular weight is 330 g/mol. The van der Waals surface area contributed by atoms with E-state index >= 15 is 0 Å². The van der Waals surface area contributed by atoms with E-state index in [0.29, 0.717) is 0 Å². The maximum atomic E-state index is 12.5. The number of amides is 2. The van der Waals surface area contributed by atoms with Crippen molar-refractivity contribution < 1.29 is 23.9 Å². The van der Waals surface area contributed by atoms with Gasteiger partial charge in [0, 0.05) is 0 Å². The SMILES string of the molecule is COC(=O)N1[C@@H](C)SC2(N1C(=O)OC)C(C)(C)C(=O)C2(C)C. The summed E-state index contributed by atoms with van der Waals surface area (Å²) in [4.78, 5) is 36.2. The Kier molecular flexibility index (Phi) is 3.67. The fourth-order valence-corrected chi connectivity index (χ4v) is 5.73. The lowest BCUT2D eigenvalue weighted by atomic mass is 9.50. The molecule has 2 aliphatic rings. The zero-order valence-electron chi connectivity index (χ0n) is 13.9. The molecule has 22 heavy (non-hydrogen) atoms. The molecule has 0 aromatic rings. The smallest absolute Gasteiger partial charge is 0.430 e. The first-order chi connectivity index (χ1) is 10.0. The number of carbonyl (C=O) groups excluding carboxylic acids is 3. The molecule has 1 saturated carbocycles. The summed E-state index contributed by atoms with van der Waals surface area (Å²) in [5.41, 5.74) is -1.63. The molecule has 7 nitrogen and oxygen atoms in total. The van der Waals surface area contributed by atoms with Crippen LogP contribution in [0.4, 0.5) is 9.59 Å². The number of carbonyl (C=O) groups is 3. The molecule has 2 fully saturated rings. The summed E-state index contributed by atoms with van der Waals surface area (Å²) < 4.78 is 9.67. The van der Waals surface area contributed by atoms with E-state index in [1.807, 2.05) is 0 Å². The number of hydrazine groups is 1. The molecule has 1 saturated heterocycles. The topological polar surface area (TPSA) is 76.2 Å². The maximum absolute atomic E-state index is 12.5. The normalized spacial score (nSPS) is 27.6. The van der Waals surface area contributed by atoms with E-state index in [4.69, 9.17) is 9.47 Å². The van der Waals surface area contributed by atoms with Crippen LogP contribution >= 0.6 is 11.8 Å². The van der Waals surface area contributed by atoms with E-state index < -0.39 is 27.9 Å². The molecule has 0 aromatic carbocycles. The first kappa shape index (κ1) is 16.9. The monoisotopic (exact) mass is 330 g/mol. The number of thioether (sulfide) groups is 1. The molecule has 0 aromatic heterocycles. The van der Waals surface area contributed by atoms with Gasteiger partial charge in [0.1, 0.15) is 10.2 Å². The van der Waals surface area contributed by atoms with Crippen LogP contribution in [-0.4, -0.2) is 52.5 Å². The van der Waals surface area contributed by atoms with Gasteiger partial charge in [-0.05, 0) is 34.6 Å². The number of rotatable bonds is 0. The predicted molar refractivity (Wildman–Crippen MR) is 80.8 cm³/mol. The minimum absolute atomic E-state index is 0.0420. The molecule has 1 aliphatic carbocycles. The zero-order valence-corrected chi connectivity index (χ0v) is 14.7. The van der Waals surface area contributed by atoms with Gasteiger partial charge in [0.2, 0.25) is 0 Å². The number of nitrogens with zero attached hydrogens (tertiary/aromatic N) is 2. The lowest BCUT2D eigenvalue weighted by Crippen LogP contribution is -2.79. The van der Waals surface area contributed by atoms with Crippen molar-refractivity contribution in [2.45, 2.75) is 44.9 Å². The van der Waals surface area contributed by atoms with Crippen molar-refractivity contribution in [1.82, 2.24) is 10.0 Å². The third-order valence-electron chi connectivity index (χ3n) is 4.74. The van der Waals surface area contributed by atoms with Gasteiger partial charge in [-0.2, -0.15) is 10.0 Å². The first-order valence-electron chi connectivity index (χ1n) is 6.98. The molecule has 1 spiro atoms. The number of ether oxygens (including phenoxy) is 2. The van der Waals surface area contributed by atoms with Gasteiger partial charge in [0.15, 0.2) is 5.78 Å². The number of ketones is 1. The molecule has 1 aliphatic heterocycles. The van der Waals surface area contributed by atoms with E-state index in [-0.39, 0.29) is 11.2 Å². The second kappa shape index (κ2) is 4.78. The largest absolute Gasteiger partial charge is 0.451 e. The Bertz CT molecular complexity index is 527. The third kappa shape index (κ3) is 1.61. The molecule has 2 amide bonds.